The lowest BCUT2D eigenvalue weighted by Crippen LogP contribution is -2.37. The summed E-state index contributed by atoms with van der Waals surface area (Å²) in [5, 5.41) is 0.484. The second kappa shape index (κ2) is 9.98. The highest BCUT2D eigenvalue weighted by molar-refractivity contribution is 7.89. The molecule has 1 aromatic heterocycles. The number of aromatic amines is 1. The van der Waals surface area contributed by atoms with E-state index in [0.29, 0.717) is 29.3 Å². The number of benzene rings is 2. The van der Waals surface area contributed by atoms with Gasteiger partial charge < -0.3 is 9.72 Å². The predicted molar refractivity (Wildman–Crippen MR) is 131 cm³/mol. The van der Waals surface area contributed by atoms with Gasteiger partial charge in [0.2, 0.25) is 10.0 Å². The molecular formula is C26H31N3O4S. The van der Waals surface area contributed by atoms with Gasteiger partial charge in [-0.3, -0.25) is 4.79 Å². The van der Waals surface area contributed by atoms with E-state index in [-0.39, 0.29) is 29.6 Å². The van der Waals surface area contributed by atoms with Gasteiger partial charge in [0.1, 0.15) is 5.82 Å². The van der Waals surface area contributed by atoms with Crippen LogP contribution in [0.3, 0.4) is 0 Å². The van der Waals surface area contributed by atoms with E-state index in [1.165, 1.54) is 29.1 Å². The minimum Gasteiger partial charge on any atom is -0.377 e. The Morgan fingerprint density at radius 2 is 1.74 bits per heavy atom. The molecule has 7 nitrogen and oxygen atoms in total. The Kier molecular flexibility index (Phi) is 6.81. The maximum atomic E-state index is 13.7. The summed E-state index contributed by atoms with van der Waals surface area (Å²) < 4.78 is 34.6. The van der Waals surface area contributed by atoms with Gasteiger partial charge in [0.15, 0.2) is 0 Å². The first-order chi connectivity index (χ1) is 16.5. The van der Waals surface area contributed by atoms with E-state index in [4.69, 9.17) is 4.74 Å². The van der Waals surface area contributed by atoms with E-state index < -0.39 is 10.0 Å². The molecule has 2 aromatic carbocycles. The molecule has 3 aromatic rings. The minimum atomic E-state index is -3.81. The number of nitrogens with zero attached hydrogens (tertiary/aromatic N) is 2. The van der Waals surface area contributed by atoms with Crippen LogP contribution in [0, 0.1) is 0 Å². The SMILES string of the molecule is O=c1[nH]c(CN(CC2CCCO2)S(=O)(=O)c2ccc(C3CCCCC3)cc2)nc2ccccc12. The maximum Gasteiger partial charge on any atom is 0.258 e. The van der Waals surface area contributed by atoms with Crippen LogP contribution < -0.4 is 5.56 Å². The smallest absolute Gasteiger partial charge is 0.258 e. The summed E-state index contributed by atoms with van der Waals surface area (Å²) in [7, 11) is -3.81. The van der Waals surface area contributed by atoms with Crippen molar-refractivity contribution in [3.8, 4) is 0 Å². The zero-order valence-electron chi connectivity index (χ0n) is 19.3. The van der Waals surface area contributed by atoms with Crippen LogP contribution in [0.4, 0.5) is 0 Å². The largest absolute Gasteiger partial charge is 0.377 e. The second-order valence-corrected chi connectivity index (χ2v) is 11.3. The van der Waals surface area contributed by atoms with Crippen molar-refractivity contribution < 1.29 is 13.2 Å². The summed E-state index contributed by atoms with van der Waals surface area (Å²) >= 11 is 0. The lowest BCUT2D eigenvalue weighted by Gasteiger charge is -2.25. The number of aromatic nitrogens is 2. The molecule has 1 saturated carbocycles. The number of para-hydroxylation sites is 1. The molecule has 2 fully saturated rings. The third-order valence-electron chi connectivity index (χ3n) is 7.01. The van der Waals surface area contributed by atoms with E-state index in [9.17, 15) is 13.2 Å². The quantitative estimate of drug-likeness (QED) is 0.542. The van der Waals surface area contributed by atoms with Crippen molar-refractivity contribution in [2.75, 3.05) is 13.2 Å². The van der Waals surface area contributed by atoms with Gasteiger partial charge in [0.25, 0.3) is 5.56 Å². The standard InChI is InChI=1S/C26H31N3O4S/c30-26-23-10-4-5-11-24(23)27-25(28-26)18-29(17-21-9-6-16-33-21)34(31,32)22-14-12-20(13-15-22)19-7-2-1-3-8-19/h4-5,10-15,19,21H,1-3,6-9,16-18H2,(H,27,28,30). The van der Waals surface area contributed by atoms with E-state index >= 15 is 0 Å². The predicted octanol–water partition coefficient (Wildman–Crippen LogP) is 4.34. The Balaban J connectivity index is 1.44. The molecule has 180 valence electrons. The van der Waals surface area contributed by atoms with Crippen LogP contribution in [0.15, 0.2) is 58.2 Å². The molecule has 1 aliphatic heterocycles. The van der Waals surface area contributed by atoms with Crippen molar-refractivity contribution >= 4 is 20.9 Å². The fourth-order valence-electron chi connectivity index (χ4n) is 5.14. The van der Waals surface area contributed by atoms with Crippen molar-refractivity contribution in [1.82, 2.24) is 14.3 Å². The highest BCUT2D eigenvalue weighted by Gasteiger charge is 2.30. The summed E-state index contributed by atoms with van der Waals surface area (Å²) in [6, 6.07) is 14.4. The zero-order chi connectivity index (χ0) is 23.5. The summed E-state index contributed by atoms with van der Waals surface area (Å²) in [5.41, 5.74) is 1.49. The van der Waals surface area contributed by atoms with Crippen molar-refractivity contribution in [1.29, 1.82) is 0 Å². The van der Waals surface area contributed by atoms with Crippen LogP contribution in [0.1, 0.15) is 62.3 Å². The third-order valence-corrected chi connectivity index (χ3v) is 8.84. The van der Waals surface area contributed by atoms with Gasteiger partial charge >= 0.3 is 0 Å². The van der Waals surface area contributed by atoms with Crippen LogP contribution in [0.2, 0.25) is 0 Å². The van der Waals surface area contributed by atoms with Crippen LogP contribution in [-0.4, -0.2) is 41.9 Å². The van der Waals surface area contributed by atoms with Gasteiger partial charge in [-0.25, -0.2) is 13.4 Å². The average molecular weight is 482 g/mol. The molecule has 0 spiro atoms. The van der Waals surface area contributed by atoms with Crippen LogP contribution in [0.25, 0.3) is 10.9 Å². The second-order valence-electron chi connectivity index (χ2n) is 9.37. The van der Waals surface area contributed by atoms with E-state index in [1.54, 1.807) is 30.3 Å². The van der Waals surface area contributed by atoms with Crippen molar-refractivity contribution in [3.05, 3.63) is 70.3 Å². The van der Waals surface area contributed by atoms with Gasteiger partial charge in [-0.05, 0) is 61.4 Å². The lowest BCUT2D eigenvalue weighted by atomic mass is 9.84. The third kappa shape index (κ3) is 4.94. The summed E-state index contributed by atoms with van der Waals surface area (Å²) in [6.45, 7) is 0.843. The van der Waals surface area contributed by atoms with E-state index in [1.807, 2.05) is 18.2 Å². The highest BCUT2D eigenvalue weighted by atomic mass is 32.2. The number of fused-ring (bicyclic) bond motifs is 1. The Morgan fingerprint density at radius 1 is 0.971 bits per heavy atom. The molecule has 1 saturated heterocycles. The van der Waals surface area contributed by atoms with E-state index in [2.05, 4.69) is 9.97 Å². The van der Waals surface area contributed by atoms with Gasteiger partial charge in [-0.15, -0.1) is 0 Å². The zero-order valence-corrected chi connectivity index (χ0v) is 20.1. The molecule has 2 heterocycles. The molecule has 0 bridgehead atoms. The first kappa shape index (κ1) is 23.2. The number of nitrogens with one attached hydrogen (secondary N) is 1. The Bertz CT molecular complexity index is 1290. The average Bonchev–Trinajstić information content (AvgIpc) is 3.38. The number of rotatable bonds is 7. The minimum absolute atomic E-state index is 0.0212. The molecule has 1 aliphatic carbocycles. The maximum absolute atomic E-state index is 13.7. The lowest BCUT2D eigenvalue weighted by molar-refractivity contribution is 0.0921. The molecule has 8 heteroatoms. The molecule has 2 aliphatic rings. The number of ether oxygens (including phenoxy) is 1. The number of sulfonamides is 1. The molecule has 5 rings (SSSR count). The fraction of sp³-hybridized carbons (Fsp3) is 0.462. The Hall–Kier alpha value is -2.55. The molecule has 0 radical (unpaired) electrons. The first-order valence-electron chi connectivity index (χ1n) is 12.2. The number of hydrogen-bond acceptors (Lipinski definition) is 5. The molecule has 1 unspecified atom stereocenters. The summed E-state index contributed by atoms with van der Waals surface area (Å²) in [5.74, 6) is 0.837. The van der Waals surface area contributed by atoms with Gasteiger partial charge in [-0.2, -0.15) is 4.31 Å². The molecule has 1 atom stereocenters. The highest BCUT2D eigenvalue weighted by Crippen LogP contribution is 2.33. The summed E-state index contributed by atoms with van der Waals surface area (Å²) in [4.78, 5) is 20.1. The number of H-pyrrole nitrogens is 1. The monoisotopic (exact) mass is 481 g/mol. The Labute approximate surface area is 200 Å². The Morgan fingerprint density at radius 3 is 2.47 bits per heavy atom. The normalized spacial score (nSPS) is 19.7. The molecule has 34 heavy (non-hydrogen) atoms. The van der Waals surface area contributed by atoms with Crippen molar-refractivity contribution in [2.45, 2.75) is 68.4 Å². The molecule has 0 amide bonds. The first-order valence-corrected chi connectivity index (χ1v) is 13.6. The van der Waals surface area contributed by atoms with Crippen LogP contribution >= 0.6 is 0 Å². The fourth-order valence-corrected chi connectivity index (χ4v) is 6.57. The van der Waals surface area contributed by atoms with E-state index in [0.717, 1.165) is 25.7 Å². The van der Waals surface area contributed by atoms with Crippen LogP contribution in [0.5, 0.6) is 0 Å². The van der Waals surface area contributed by atoms with Crippen LogP contribution in [-0.2, 0) is 21.3 Å². The summed E-state index contributed by atoms with van der Waals surface area (Å²) in [6.07, 6.45) is 7.65. The van der Waals surface area contributed by atoms with Gasteiger partial charge in [-0.1, -0.05) is 43.5 Å². The molecule has 1 N–H and O–H groups in total. The topological polar surface area (TPSA) is 92.4 Å². The van der Waals surface area contributed by atoms with Gasteiger partial charge in [0, 0.05) is 13.2 Å². The van der Waals surface area contributed by atoms with Gasteiger partial charge in [0.05, 0.1) is 28.4 Å². The molecular weight excluding hydrogens is 450 g/mol. The van der Waals surface area contributed by atoms with Crippen molar-refractivity contribution in [2.24, 2.45) is 0 Å². The van der Waals surface area contributed by atoms with Crippen molar-refractivity contribution in [3.63, 3.8) is 0 Å². The number of hydrogen-bond donors (Lipinski definition) is 1.